The number of likely N-dealkylation sites (tertiary alicyclic amines) is 1. The molecule has 2 fully saturated rings. The first-order valence-corrected chi connectivity index (χ1v) is 8.73. The van der Waals surface area contributed by atoms with Crippen molar-refractivity contribution in [3.8, 4) is 11.5 Å². The molecule has 7 heteroatoms. The highest BCUT2D eigenvalue weighted by Gasteiger charge is 2.42. The van der Waals surface area contributed by atoms with Crippen LogP contribution in [0.25, 0.3) is 11.5 Å². The van der Waals surface area contributed by atoms with Gasteiger partial charge in [0.05, 0.1) is 6.61 Å². The summed E-state index contributed by atoms with van der Waals surface area (Å²) in [6.07, 6.45) is 2.61. The minimum atomic E-state index is -0.0217. The van der Waals surface area contributed by atoms with E-state index in [1.807, 2.05) is 35.2 Å². The number of hydrogen-bond acceptors (Lipinski definition) is 5. The molecule has 1 N–H and O–H groups in total. The maximum atomic E-state index is 12.3. The number of urea groups is 1. The molecule has 1 atom stereocenters. The van der Waals surface area contributed by atoms with Gasteiger partial charge in [-0.25, -0.2) is 4.79 Å². The van der Waals surface area contributed by atoms with Gasteiger partial charge in [-0.2, -0.15) is 0 Å². The van der Waals surface area contributed by atoms with Crippen LogP contribution < -0.4 is 5.32 Å². The third-order valence-corrected chi connectivity index (χ3v) is 5.01. The van der Waals surface area contributed by atoms with E-state index in [0.717, 1.165) is 44.7 Å². The molecule has 4 rings (SSSR count). The van der Waals surface area contributed by atoms with Crippen LogP contribution in [0.1, 0.15) is 18.7 Å². The van der Waals surface area contributed by atoms with Crippen LogP contribution in [-0.2, 0) is 11.2 Å². The van der Waals surface area contributed by atoms with Gasteiger partial charge in [-0.05, 0) is 25.0 Å². The Balaban J connectivity index is 1.26. The first kappa shape index (κ1) is 16.1. The predicted octanol–water partition coefficient (Wildman–Crippen LogP) is 2.10. The standard InChI is InChI=1S/C18H22N4O3/c23-17(22-10-7-18(12-22)8-11-24-13-18)19-9-6-15-20-21-16(25-15)14-4-2-1-3-5-14/h1-5H,6-13H2,(H,19,23)/t18-/m0/s1. The van der Waals surface area contributed by atoms with Crippen LogP contribution in [-0.4, -0.2) is 54.0 Å². The molecule has 132 valence electrons. The quantitative estimate of drug-likeness (QED) is 0.920. The van der Waals surface area contributed by atoms with Crippen LogP contribution >= 0.6 is 0 Å². The van der Waals surface area contributed by atoms with Crippen molar-refractivity contribution in [2.24, 2.45) is 5.41 Å². The van der Waals surface area contributed by atoms with Gasteiger partial charge >= 0.3 is 6.03 Å². The third kappa shape index (κ3) is 3.51. The number of aromatic nitrogens is 2. The second-order valence-corrected chi connectivity index (χ2v) is 6.82. The lowest BCUT2D eigenvalue weighted by Gasteiger charge is -2.22. The zero-order valence-corrected chi connectivity index (χ0v) is 14.1. The van der Waals surface area contributed by atoms with Crippen LogP contribution in [0.15, 0.2) is 34.7 Å². The smallest absolute Gasteiger partial charge is 0.317 e. The molecular formula is C18H22N4O3. The van der Waals surface area contributed by atoms with Crippen LogP contribution in [0.4, 0.5) is 4.79 Å². The maximum absolute atomic E-state index is 12.3. The first-order chi connectivity index (χ1) is 12.2. The van der Waals surface area contributed by atoms with E-state index in [2.05, 4.69) is 15.5 Å². The summed E-state index contributed by atoms with van der Waals surface area (Å²) in [5.74, 6) is 1.03. The number of hydrogen-bond donors (Lipinski definition) is 1. The molecule has 3 heterocycles. The summed E-state index contributed by atoms with van der Waals surface area (Å²) in [4.78, 5) is 14.2. The average Bonchev–Trinajstić information content (AvgIpc) is 3.38. The Kier molecular flexibility index (Phi) is 4.40. The van der Waals surface area contributed by atoms with Crippen molar-refractivity contribution in [1.82, 2.24) is 20.4 Å². The van der Waals surface area contributed by atoms with E-state index in [4.69, 9.17) is 9.15 Å². The molecule has 25 heavy (non-hydrogen) atoms. The molecule has 7 nitrogen and oxygen atoms in total. The van der Waals surface area contributed by atoms with Crippen molar-refractivity contribution in [3.05, 3.63) is 36.2 Å². The summed E-state index contributed by atoms with van der Waals surface area (Å²) < 4.78 is 11.2. The Morgan fingerprint density at radius 1 is 1.24 bits per heavy atom. The molecular weight excluding hydrogens is 320 g/mol. The second kappa shape index (κ2) is 6.84. The highest BCUT2D eigenvalue weighted by molar-refractivity contribution is 5.74. The van der Waals surface area contributed by atoms with Crippen LogP contribution in [0, 0.1) is 5.41 Å². The van der Waals surface area contributed by atoms with Gasteiger partial charge in [-0.1, -0.05) is 18.2 Å². The highest BCUT2D eigenvalue weighted by Crippen LogP contribution is 2.38. The second-order valence-electron chi connectivity index (χ2n) is 6.82. The minimum absolute atomic E-state index is 0.0217. The number of nitrogens with one attached hydrogen (secondary N) is 1. The third-order valence-electron chi connectivity index (χ3n) is 5.01. The van der Waals surface area contributed by atoms with Crippen molar-refractivity contribution < 1.29 is 13.9 Å². The zero-order chi connectivity index (χ0) is 17.1. The van der Waals surface area contributed by atoms with Gasteiger partial charge in [-0.15, -0.1) is 10.2 Å². The molecule has 1 aromatic carbocycles. The molecule has 1 spiro atoms. The fourth-order valence-electron chi connectivity index (χ4n) is 3.52. The number of rotatable bonds is 4. The topological polar surface area (TPSA) is 80.5 Å². The number of carbonyl (C=O) groups is 1. The SMILES string of the molecule is O=C(NCCc1nnc(-c2ccccc2)o1)N1CC[C@]2(CCOC2)C1. The Morgan fingerprint density at radius 2 is 2.12 bits per heavy atom. The Labute approximate surface area is 146 Å². The zero-order valence-electron chi connectivity index (χ0n) is 14.1. The highest BCUT2D eigenvalue weighted by atomic mass is 16.5. The fourth-order valence-corrected chi connectivity index (χ4v) is 3.52. The van der Waals surface area contributed by atoms with Crippen molar-refractivity contribution in [1.29, 1.82) is 0 Å². The number of nitrogens with zero attached hydrogens (tertiary/aromatic N) is 3. The summed E-state index contributed by atoms with van der Waals surface area (Å²) in [6.45, 7) is 3.66. The summed E-state index contributed by atoms with van der Waals surface area (Å²) in [6, 6.07) is 9.63. The largest absolute Gasteiger partial charge is 0.421 e. The van der Waals surface area contributed by atoms with Crippen LogP contribution in [0.2, 0.25) is 0 Å². The van der Waals surface area contributed by atoms with Crippen LogP contribution in [0.5, 0.6) is 0 Å². The van der Waals surface area contributed by atoms with Gasteiger partial charge in [0.1, 0.15) is 0 Å². The minimum Gasteiger partial charge on any atom is -0.421 e. The molecule has 0 unspecified atom stereocenters. The van der Waals surface area contributed by atoms with E-state index >= 15 is 0 Å². The van der Waals surface area contributed by atoms with Gasteiger partial charge in [-0.3, -0.25) is 0 Å². The molecule has 0 aliphatic carbocycles. The molecule has 0 bridgehead atoms. The molecule has 2 amide bonds. The number of amides is 2. The lowest BCUT2D eigenvalue weighted by molar-refractivity contribution is 0.152. The van der Waals surface area contributed by atoms with Gasteiger partial charge in [0.15, 0.2) is 0 Å². The van der Waals surface area contributed by atoms with Gasteiger partial charge < -0.3 is 19.4 Å². The molecule has 2 saturated heterocycles. The Morgan fingerprint density at radius 3 is 2.92 bits per heavy atom. The van der Waals surface area contributed by atoms with E-state index in [1.165, 1.54) is 0 Å². The molecule has 2 aromatic rings. The molecule has 2 aliphatic rings. The van der Waals surface area contributed by atoms with E-state index in [-0.39, 0.29) is 11.4 Å². The Bertz CT molecular complexity index is 725. The summed E-state index contributed by atoms with van der Waals surface area (Å²) >= 11 is 0. The van der Waals surface area contributed by atoms with Crippen molar-refractivity contribution in [2.45, 2.75) is 19.3 Å². The summed E-state index contributed by atoms with van der Waals surface area (Å²) in [5, 5.41) is 11.0. The monoisotopic (exact) mass is 342 g/mol. The lowest BCUT2D eigenvalue weighted by Crippen LogP contribution is -2.40. The van der Waals surface area contributed by atoms with Crippen molar-refractivity contribution in [2.75, 3.05) is 32.8 Å². The summed E-state index contributed by atoms with van der Waals surface area (Å²) in [7, 11) is 0. The van der Waals surface area contributed by atoms with E-state index in [9.17, 15) is 4.79 Å². The normalized spacial score (nSPS) is 22.6. The van der Waals surface area contributed by atoms with E-state index < -0.39 is 0 Å². The number of benzene rings is 1. The van der Waals surface area contributed by atoms with Gasteiger partial charge in [0, 0.05) is 43.6 Å². The van der Waals surface area contributed by atoms with Gasteiger partial charge in [0.2, 0.25) is 11.8 Å². The van der Waals surface area contributed by atoms with Crippen LogP contribution in [0.3, 0.4) is 0 Å². The maximum Gasteiger partial charge on any atom is 0.317 e. The fraction of sp³-hybridized carbons (Fsp3) is 0.500. The summed E-state index contributed by atoms with van der Waals surface area (Å²) in [5.41, 5.74) is 1.08. The van der Waals surface area contributed by atoms with Crippen molar-refractivity contribution >= 4 is 6.03 Å². The van der Waals surface area contributed by atoms with E-state index in [0.29, 0.717) is 24.7 Å². The van der Waals surface area contributed by atoms with E-state index in [1.54, 1.807) is 0 Å². The average molecular weight is 342 g/mol. The first-order valence-electron chi connectivity index (χ1n) is 8.73. The van der Waals surface area contributed by atoms with Crippen molar-refractivity contribution in [3.63, 3.8) is 0 Å². The molecule has 1 aromatic heterocycles. The van der Waals surface area contributed by atoms with Gasteiger partial charge in [0.25, 0.3) is 0 Å². The predicted molar refractivity (Wildman–Crippen MR) is 90.9 cm³/mol. The molecule has 0 saturated carbocycles. The number of carbonyl (C=O) groups excluding carboxylic acids is 1. The molecule has 0 radical (unpaired) electrons. The Hall–Kier alpha value is -2.41. The number of ether oxygens (including phenoxy) is 1. The lowest BCUT2D eigenvalue weighted by atomic mass is 9.87. The molecule has 2 aliphatic heterocycles.